The Hall–Kier alpha value is -1.82. The number of hydrogen-bond donors (Lipinski definition) is 2. The van der Waals surface area contributed by atoms with E-state index in [9.17, 15) is 14.3 Å². The number of halogens is 1. The summed E-state index contributed by atoms with van der Waals surface area (Å²) in [7, 11) is 0. The molecule has 1 aliphatic rings. The Labute approximate surface area is 123 Å². The van der Waals surface area contributed by atoms with Crippen LogP contribution in [0, 0.1) is 5.82 Å². The molecule has 0 atom stereocenters. The van der Waals surface area contributed by atoms with E-state index in [-0.39, 0.29) is 11.8 Å². The average molecular weight is 296 g/mol. The zero-order chi connectivity index (χ0) is 15.6. The molecule has 1 aliphatic heterocycles. The van der Waals surface area contributed by atoms with Crippen molar-refractivity contribution in [3.8, 4) is 5.75 Å². The molecule has 1 saturated heterocycles. The number of phenols is 1. The molecule has 1 heterocycles. The van der Waals surface area contributed by atoms with Gasteiger partial charge in [-0.15, -0.1) is 0 Å². The van der Waals surface area contributed by atoms with E-state index >= 15 is 0 Å². The number of hydrogen-bond acceptors (Lipinski definition) is 4. The first-order valence-corrected chi connectivity index (χ1v) is 6.92. The van der Waals surface area contributed by atoms with E-state index in [2.05, 4.69) is 10.2 Å². The van der Waals surface area contributed by atoms with Crippen molar-refractivity contribution in [2.45, 2.75) is 39.0 Å². The van der Waals surface area contributed by atoms with Gasteiger partial charge in [0, 0.05) is 19.6 Å². The Kier molecular flexibility index (Phi) is 4.37. The maximum absolute atomic E-state index is 12.9. The molecule has 0 aromatic heterocycles. The van der Waals surface area contributed by atoms with E-state index in [4.69, 9.17) is 4.74 Å². The molecule has 1 amide bonds. The summed E-state index contributed by atoms with van der Waals surface area (Å²) in [5.41, 5.74) is 0.337. The molecule has 1 aromatic carbocycles. The smallest absolute Gasteiger partial charge is 0.407 e. The lowest BCUT2D eigenvalue weighted by molar-refractivity contribution is 0.0392. The van der Waals surface area contributed by atoms with Gasteiger partial charge in [-0.2, -0.15) is 0 Å². The van der Waals surface area contributed by atoms with Crippen molar-refractivity contribution < 1.29 is 19.0 Å². The van der Waals surface area contributed by atoms with Crippen molar-refractivity contribution in [1.82, 2.24) is 10.2 Å². The van der Waals surface area contributed by atoms with Gasteiger partial charge in [0.2, 0.25) is 0 Å². The molecule has 0 bridgehead atoms. The predicted molar refractivity (Wildman–Crippen MR) is 76.5 cm³/mol. The Morgan fingerprint density at radius 1 is 1.48 bits per heavy atom. The molecule has 1 fully saturated rings. The number of nitrogens with zero attached hydrogens (tertiary/aromatic N) is 1. The van der Waals surface area contributed by atoms with E-state index in [1.807, 2.05) is 20.8 Å². The summed E-state index contributed by atoms with van der Waals surface area (Å²) in [4.78, 5) is 13.7. The van der Waals surface area contributed by atoms with Gasteiger partial charge in [0.25, 0.3) is 0 Å². The first-order valence-electron chi connectivity index (χ1n) is 6.92. The van der Waals surface area contributed by atoms with Crippen LogP contribution in [0.3, 0.4) is 0 Å². The fraction of sp³-hybridized carbons (Fsp3) is 0.533. The quantitative estimate of drug-likeness (QED) is 0.898. The fourth-order valence-electron chi connectivity index (χ4n) is 2.18. The first kappa shape index (κ1) is 15.6. The Bertz CT molecular complexity index is 522. The van der Waals surface area contributed by atoms with Crippen LogP contribution in [0.5, 0.6) is 5.75 Å². The van der Waals surface area contributed by atoms with Gasteiger partial charge in [0.15, 0.2) is 11.6 Å². The first-order chi connectivity index (χ1) is 9.73. The third kappa shape index (κ3) is 4.60. The number of aromatic hydroxyl groups is 1. The number of likely N-dealkylation sites (tertiary alicyclic amines) is 1. The highest BCUT2D eigenvalue weighted by molar-refractivity contribution is 5.68. The molecule has 0 spiro atoms. The van der Waals surface area contributed by atoms with Gasteiger partial charge in [0.05, 0.1) is 6.04 Å². The topological polar surface area (TPSA) is 61.8 Å². The number of amides is 1. The van der Waals surface area contributed by atoms with Crippen molar-refractivity contribution >= 4 is 6.09 Å². The number of benzene rings is 1. The Morgan fingerprint density at radius 2 is 2.14 bits per heavy atom. The van der Waals surface area contributed by atoms with E-state index in [1.165, 1.54) is 12.1 Å². The molecule has 21 heavy (non-hydrogen) atoms. The lowest BCUT2D eigenvalue weighted by Gasteiger charge is -2.39. The van der Waals surface area contributed by atoms with Gasteiger partial charge < -0.3 is 15.2 Å². The number of rotatable bonds is 3. The number of nitrogens with one attached hydrogen (secondary N) is 1. The van der Waals surface area contributed by atoms with Crippen LogP contribution in [0.25, 0.3) is 0 Å². The van der Waals surface area contributed by atoms with Gasteiger partial charge in [-0.3, -0.25) is 4.90 Å². The number of carbonyl (C=O) groups is 1. The van der Waals surface area contributed by atoms with Gasteiger partial charge in [-0.25, -0.2) is 9.18 Å². The second kappa shape index (κ2) is 5.89. The molecule has 1 aromatic rings. The zero-order valence-electron chi connectivity index (χ0n) is 12.5. The van der Waals surface area contributed by atoms with E-state index < -0.39 is 17.5 Å². The van der Waals surface area contributed by atoms with Crippen LogP contribution in [0.15, 0.2) is 18.2 Å². The van der Waals surface area contributed by atoms with E-state index in [0.717, 1.165) is 5.56 Å². The summed E-state index contributed by atoms with van der Waals surface area (Å²) < 4.78 is 18.1. The second-order valence-corrected chi connectivity index (χ2v) is 6.32. The molecule has 0 saturated carbocycles. The molecule has 2 N–H and O–H groups in total. The maximum atomic E-state index is 12.9. The summed E-state index contributed by atoms with van der Waals surface area (Å²) in [6, 6.07) is 4.38. The molecule has 6 heteroatoms. The normalized spacial score (nSPS) is 16.4. The number of phenolic OH excluding ortho intramolecular Hbond substituents is 1. The summed E-state index contributed by atoms with van der Waals surface area (Å²) in [6.07, 6.45) is -0.411. The van der Waals surface area contributed by atoms with Crippen LogP contribution >= 0.6 is 0 Å². The number of ether oxygens (including phenoxy) is 1. The highest BCUT2D eigenvalue weighted by atomic mass is 19.1. The molecule has 0 aliphatic carbocycles. The maximum Gasteiger partial charge on any atom is 0.407 e. The fourth-order valence-corrected chi connectivity index (χ4v) is 2.18. The molecule has 2 rings (SSSR count). The van der Waals surface area contributed by atoms with E-state index in [0.29, 0.717) is 19.6 Å². The van der Waals surface area contributed by atoms with Gasteiger partial charge in [-0.1, -0.05) is 6.07 Å². The molecule has 5 nitrogen and oxygen atoms in total. The third-order valence-electron chi connectivity index (χ3n) is 3.09. The van der Waals surface area contributed by atoms with Gasteiger partial charge in [-0.05, 0) is 38.5 Å². The average Bonchev–Trinajstić information content (AvgIpc) is 2.28. The molecular weight excluding hydrogens is 275 g/mol. The van der Waals surface area contributed by atoms with Crippen molar-refractivity contribution in [2.24, 2.45) is 0 Å². The number of carbonyl (C=O) groups excluding carboxylic acids is 1. The summed E-state index contributed by atoms with van der Waals surface area (Å²) >= 11 is 0. The second-order valence-electron chi connectivity index (χ2n) is 6.32. The minimum Gasteiger partial charge on any atom is -0.505 e. The summed E-state index contributed by atoms with van der Waals surface area (Å²) in [5.74, 6) is -0.955. The van der Waals surface area contributed by atoms with Gasteiger partial charge in [0.1, 0.15) is 5.60 Å². The standard InChI is InChI=1S/C15H21FN2O3/c1-15(2,3)21-14(20)17-11-8-18(9-11)7-10-4-5-12(16)13(19)6-10/h4-6,11,19H,7-9H2,1-3H3,(H,17,20). The molecule has 116 valence electrons. The van der Waals surface area contributed by atoms with Crippen molar-refractivity contribution in [1.29, 1.82) is 0 Å². The Morgan fingerprint density at radius 3 is 2.71 bits per heavy atom. The van der Waals surface area contributed by atoms with Crippen molar-refractivity contribution in [3.63, 3.8) is 0 Å². The predicted octanol–water partition coefficient (Wildman–Crippen LogP) is 2.24. The Balaban J connectivity index is 1.74. The summed E-state index contributed by atoms with van der Waals surface area (Å²) in [6.45, 7) is 7.48. The third-order valence-corrected chi connectivity index (χ3v) is 3.09. The monoisotopic (exact) mass is 296 g/mol. The van der Waals surface area contributed by atoms with Gasteiger partial charge >= 0.3 is 6.09 Å². The van der Waals surface area contributed by atoms with Crippen LogP contribution < -0.4 is 5.32 Å². The van der Waals surface area contributed by atoms with E-state index in [1.54, 1.807) is 6.07 Å². The van der Waals surface area contributed by atoms with Crippen molar-refractivity contribution in [2.75, 3.05) is 13.1 Å². The zero-order valence-corrected chi connectivity index (χ0v) is 12.5. The number of alkyl carbamates (subject to hydrolysis) is 1. The lowest BCUT2D eigenvalue weighted by atomic mass is 10.1. The van der Waals surface area contributed by atoms with Crippen LogP contribution in [-0.2, 0) is 11.3 Å². The SMILES string of the molecule is CC(C)(C)OC(=O)NC1CN(Cc2ccc(F)c(O)c2)C1. The van der Waals surface area contributed by atoms with Crippen LogP contribution in [0.1, 0.15) is 26.3 Å². The molecule has 0 unspecified atom stereocenters. The summed E-state index contributed by atoms with van der Waals surface area (Å²) in [5, 5.41) is 12.1. The molecule has 0 radical (unpaired) electrons. The minimum atomic E-state index is -0.619. The van der Waals surface area contributed by atoms with Crippen LogP contribution in [0.2, 0.25) is 0 Å². The highest BCUT2D eigenvalue weighted by Crippen LogP contribution is 2.20. The van der Waals surface area contributed by atoms with Crippen molar-refractivity contribution in [3.05, 3.63) is 29.6 Å². The molecular formula is C15H21FN2O3. The van der Waals surface area contributed by atoms with Crippen LogP contribution in [-0.4, -0.2) is 40.8 Å². The van der Waals surface area contributed by atoms with Crippen LogP contribution in [0.4, 0.5) is 9.18 Å². The lowest BCUT2D eigenvalue weighted by Crippen LogP contribution is -2.59. The highest BCUT2D eigenvalue weighted by Gasteiger charge is 2.29. The minimum absolute atomic E-state index is 0.0638. The largest absolute Gasteiger partial charge is 0.505 e.